The summed E-state index contributed by atoms with van der Waals surface area (Å²) < 4.78 is 33.4. The third-order valence-corrected chi connectivity index (χ3v) is 5.85. The minimum Gasteiger partial charge on any atom is -0.496 e. The van der Waals surface area contributed by atoms with Gasteiger partial charge in [0, 0.05) is 49.6 Å². The second-order valence-corrected chi connectivity index (χ2v) is 7.93. The fourth-order valence-electron chi connectivity index (χ4n) is 4.18. The lowest BCUT2D eigenvalue weighted by Crippen LogP contribution is -2.33. The van der Waals surface area contributed by atoms with Crippen LogP contribution in [-0.4, -0.2) is 59.0 Å². The number of fused-ring (bicyclic) bond motifs is 2. The number of nitrogens with zero attached hydrogens (tertiary/aromatic N) is 1. The molecule has 0 radical (unpaired) electrons. The molecule has 8 heteroatoms. The van der Waals surface area contributed by atoms with E-state index in [9.17, 15) is 4.79 Å². The van der Waals surface area contributed by atoms with Crippen LogP contribution in [0.4, 0.5) is 0 Å². The lowest BCUT2D eigenvalue weighted by Gasteiger charge is -2.30. The molecule has 0 fully saturated rings. The Labute approximate surface area is 193 Å². The van der Waals surface area contributed by atoms with Gasteiger partial charge in [-0.25, -0.2) is 0 Å². The van der Waals surface area contributed by atoms with Crippen LogP contribution in [0.5, 0.6) is 28.7 Å². The Kier molecular flexibility index (Phi) is 6.76. The predicted molar refractivity (Wildman–Crippen MR) is 123 cm³/mol. The fraction of sp³-hybridized carbons (Fsp3) is 0.400. The van der Waals surface area contributed by atoms with Crippen LogP contribution in [0, 0.1) is 6.92 Å². The van der Waals surface area contributed by atoms with Crippen molar-refractivity contribution in [2.45, 2.75) is 19.9 Å². The van der Waals surface area contributed by atoms with E-state index in [1.54, 1.807) is 46.6 Å². The summed E-state index contributed by atoms with van der Waals surface area (Å²) in [5.41, 5.74) is 3.00. The van der Waals surface area contributed by atoms with Crippen LogP contribution in [0.2, 0.25) is 0 Å². The van der Waals surface area contributed by atoms with Crippen LogP contribution in [0.25, 0.3) is 6.08 Å². The molecule has 0 N–H and O–H groups in total. The number of carbonyl (C=O) groups is 1. The fourth-order valence-corrected chi connectivity index (χ4v) is 4.18. The molecule has 0 saturated heterocycles. The first-order chi connectivity index (χ1) is 16.0. The van der Waals surface area contributed by atoms with E-state index in [1.165, 1.54) is 0 Å². The number of carbonyl (C=O) groups excluding carboxylic acids is 1. The number of benzene rings is 2. The molecule has 0 saturated carbocycles. The van der Waals surface area contributed by atoms with Gasteiger partial charge in [0.05, 0.1) is 26.9 Å². The number of Topliss-reactive ketones (excluding diaryl/α,β-unsaturated/α-hetero) is 1. The Balaban J connectivity index is 1.65. The van der Waals surface area contributed by atoms with Crippen molar-refractivity contribution in [2.75, 3.05) is 48.3 Å². The third kappa shape index (κ3) is 4.36. The Bertz CT molecular complexity index is 1090. The number of ketones is 1. The molecule has 2 aromatic rings. The number of allylic oxidation sites excluding steroid dienone is 1. The van der Waals surface area contributed by atoms with Gasteiger partial charge in [-0.05, 0) is 31.6 Å². The van der Waals surface area contributed by atoms with Gasteiger partial charge in [-0.3, -0.25) is 9.69 Å². The van der Waals surface area contributed by atoms with Crippen molar-refractivity contribution in [3.63, 3.8) is 0 Å². The zero-order chi connectivity index (χ0) is 23.5. The Morgan fingerprint density at radius 1 is 1.00 bits per heavy atom. The largest absolute Gasteiger partial charge is 0.496 e. The summed E-state index contributed by atoms with van der Waals surface area (Å²) in [6.45, 7) is 4.69. The first kappa shape index (κ1) is 22.9. The molecule has 2 aromatic carbocycles. The number of hydrogen-bond acceptors (Lipinski definition) is 8. The van der Waals surface area contributed by atoms with Crippen molar-refractivity contribution < 1.29 is 33.2 Å². The van der Waals surface area contributed by atoms with Crippen LogP contribution in [0.1, 0.15) is 33.5 Å². The minimum atomic E-state index is -0.177. The Hall–Kier alpha value is -3.23. The molecule has 0 bridgehead atoms. The molecule has 0 aliphatic carbocycles. The van der Waals surface area contributed by atoms with Crippen molar-refractivity contribution in [1.29, 1.82) is 0 Å². The smallest absolute Gasteiger partial charge is 0.231 e. The highest BCUT2D eigenvalue weighted by Gasteiger charge is 2.34. The average molecular weight is 456 g/mol. The van der Waals surface area contributed by atoms with E-state index >= 15 is 0 Å². The first-order valence-electron chi connectivity index (χ1n) is 10.8. The van der Waals surface area contributed by atoms with E-state index in [1.807, 2.05) is 13.0 Å². The van der Waals surface area contributed by atoms with Crippen molar-refractivity contribution in [3.8, 4) is 28.7 Å². The third-order valence-electron chi connectivity index (χ3n) is 5.85. The molecule has 2 heterocycles. The maximum atomic E-state index is 13.2. The zero-order valence-corrected chi connectivity index (χ0v) is 19.6. The lowest BCUT2D eigenvalue weighted by atomic mass is 10.00. The van der Waals surface area contributed by atoms with Crippen molar-refractivity contribution in [1.82, 2.24) is 4.90 Å². The number of ether oxygens (including phenoxy) is 6. The molecule has 0 spiro atoms. The molecule has 2 aliphatic rings. The molecule has 0 unspecified atom stereocenters. The van der Waals surface area contributed by atoms with Crippen molar-refractivity contribution in [2.24, 2.45) is 0 Å². The molecule has 33 heavy (non-hydrogen) atoms. The van der Waals surface area contributed by atoms with Crippen LogP contribution in [0.3, 0.4) is 0 Å². The summed E-state index contributed by atoms with van der Waals surface area (Å²) in [6.07, 6.45) is 2.58. The van der Waals surface area contributed by atoms with Gasteiger partial charge in [0.1, 0.15) is 24.0 Å². The second kappa shape index (κ2) is 9.72. The molecule has 8 nitrogen and oxygen atoms in total. The van der Waals surface area contributed by atoms with Crippen molar-refractivity contribution >= 4 is 11.9 Å². The van der Waals surface area contributed by atoms with Gasteiger partial charge in [-0.1, -0.05) is 0 Å². The van der Waals surface area contributed by atoms with Crippen LogP contribution in [-0.2, 0) is 11.3 Å². The zero-order valence-electron chi connectivity index (χ0n) is 19.6. The molecular weight excluding hydrogens is 426 g/mol. The molecular formula is C25H29NO7. The van der Waals surface area contributed by atoms with E-state index in [4.69, 9.17) is 28.4 Å². The highest BCUT2D eigenvalue weighted by Crippen LogP contribution is 2.44. The van der Waals surface area contributed by atoms with Gasteiger partial charge in [-0.15, -0.1) is 0 Å². The molecule has 0 amide bonds. The molecule has 2 aliphatic heterocycles. The Morgan fingerprint density at radius 3 is 2.42 bits per heavy atom. The highest BCUT2D eigenvalue weighted by molar-refractivity contribution is 6.15. The minimum absolute atomic E-state index is 0.177. The van der Waals surface area contributed by atoms with E-state index in [-0.39, 0.29) is 11.5 Å². The van der Waals surface area contributed by atoms with Gasteiger partial charge < -0.3 is 28.4 Å². The first-order valence-corrected chi connectivity index (χ1v) is 10.8. The monoisotopic (exact) mass is 455 g/mol. The highest BCUT2D eigenvalue weighted by atomic mass is 16.5. The summed E-state index contributed by atoms with van der Waals surface area (Å²) in [5, 5.41) is 0. The quantitative estimate of drug-likeness (QED) is 0.439. The van der Waals surface area contributed by atoms with Crippen LogP contribution >= 0.6 is 0 Å². The second-order valence-electron chi connectivity index (χ2n) is 7.93. The number of hydrogen-bond donors (Lipinski definition) is 0. The molecule has 0 atom stereocenters. The number of methoxy groups -OCH3 is 4. The maximum Gasteiger partial charge on any atom is 0.231 e. The normalized spacial score (nSPS) is 16.2. The van der Waals surface area contributed by atoms with Crippen LogP contribution in [0.15, 0.2) is 24.0 Å². The topological polar surface area (TPSA) is 75.7 Å². The van der Waals surface area contributed by atoms with E-state index in [0.717, 1.165) is 29.8 Å². The lowest BCUT2D eigenvalue weighted by molar-refractivity contribution is 0.0826. The van der Waals surface area contributed by atoms with E-state index < -0.39 is 0 Å². The van der Waals surface area contributed by atoms with Gasteiger partial charge in [0.2, 0.25) is 5.78 Å². The molecule has 0 aromatic heterocycles. The summed E-state index contributed by atoms with van der Waals surface area (Å²) in [4.78, 5) is 15.4. The summed E-state index contributed by atoms with van der Waals surface area (Å²) in [5.74, 6) is 2.98. The van der Waals surface area contributed by atoms with Crippen LogP contribution < -0.4 is 23.7 Å². The summed E-state index contributed by atoms with van der Waals surface area (Å²) in [6, 6.07) is 5.35. The van der Waals surface area contributed by atoms with E-state index in [0.29, 0.717) is 54.0 Å². The van der Waals surface area contributed by atoms with Gasteiger partial charge in [-0.2, -0.15) is 0 Å². The Morgan fingerprint density at radius 2 is 1.73 bits per heavy atom. The summed E-state index contributed by atoms with van der Waals surface area (Å²) in [7, 11) is 6.37. The SMILES string of the molecule is COCCCN1COc2c(cc3c(c2C)O/C(=C\c2cc(OC)c(OC)cc2OC)C3=O)C1. The average Bonchev–Trinajstić information content (AvgIpc) is 3.14. The van der Waals surface area contributed by atoms with Crippen molar-refractivity contribution in [3.05, 3.63) is 46.2 Å². The standard InChI is InChI=1S/C25H29NO7/c1-15-24-17(13-26(14-32-24)7-6-8-28-2)9-18-23(27)22(33-25(15)18)11-16-10-20(30-4)21(31-5)12-19(16)29-3/h9-12H,6-8,13-14H2,1-5H3/b22-11-. The van der Waals surface area contributed by atoms with Gasteiger partial charge in [0.15, 0.2) is 17.3 Å². The number of rotatable bonds is 8. The molecule has 176 valence electrons. The van der Waals surface area contributed by atoms with Gasteiger partial charge in [0.25, 0.3) is 0 Å². The molecule has 4 rings (SSSR count). The predicted octanol–water partition coefficient (Wildman–Crippen LogP) is 3.83. The van der Waals surface area contributed by atoms with E-state index in [2.05, 4.69) is 4.90 Å². The van der Waals surface area contributed by atoms with Gasteiger partial charge >= 0.3 is 0 Å². The summed E-state index contributed by atoms with van der Waals surface area (Å²) >= 11 is 0. The maximum absolute atomic E-state index is 13.2.